The molecule has 1 atom stereocenters. The summed E-state index contributed by atoms with van der Waals surface area (Å²) < 4.78 is 16.7. The van der Waals surface area contributed by atoms with Crippen LogP contribution in [-0.4, -0.2) is 37.2 Å². The highest BCUT2D eigenvalue weighted by molar-refractivity contribution is 5.71. The maximum atomic E-state index is 12.7. The molecule has 0 saturated heterocycles. The zero-order valence-electron chi connectivity index (χ0n) is 36.4. The molecule has 0 aromatic rings. The van der Waals surface area contributed by atoms with Gasteiger partial charge in [-0.1, -0.05) is 177 Å². The Kier molecular flexibility index (Phi) is 42.1. The van der Waals surface area contributed by atoms with Gasteiger partial charge in [-0.25, -0.2) is 0 Å². The van der Waals surface area contributed by atoms with E-state index in [1.807, 2.05) is 0 Å². The number of hydrogen-bond donors (Lipinski definition) is 0. The van der Waals surface area contributed by atoms with Crippen LogP contribution >= 0.6 is 0 Å². The predicted molar refractivity (Wildman–Crippen MR) is 238 cm³/mol. The van der Waals surface area contributed by atoms with Crippen molar-refractivity contribution in [3.63, 3.8) is 0 Å². The first-order valence-electron chi connectivity index (χ1n) is 22.9. The van der Waals surface area contributed by atoms with Crippen LogP contribution in [-0.2, 0) is 28.6 Å². The molecule has 0 amide bonds. The molecule has 56 heavy (non-hydrogen) atoms. The molecular weight excluding hydrogens is 697 g/mol. The monoisotopic (exact) mass is 781 g/mol. The van der Waals surface area contributed by atoms with Gasteiger partial charge in [0.05, 0.1) is 0 Å². The molecule has 1 unspecified atom stereocenters. The Morgan fingerprint density at radius 2 is 0.696 bits per heavy atom. The van der Waals surface area contributed by atoms with E-state index in [1.165, 1.54) is 64.2 Å². The van der Waals surface area contributed by atoms with Crippen molar-refractivity contribution in [3.05, 3.63) is 72.9 Å². The smallest absolute Gasteiger partial charge is 0.306 e. The van der Waals surface area contributed by atoms with E-state index in [9.17, 15) is 14.4 Å². The number of rotatable bonds is 40. The number of allylic oxidation sites excluding steroid dienone is 12. The summed E-state index contributed by atoms with van der Waals surface area (Å²) in [5.41, 5.74) is 0. The van der Waals surface area contributed by atoms with Gasteiger partial charge in [-0.2, -0.15) is 0 Å². The molecular formula is C50H84O6. The molecule has 320 valence electrons. The van der Waals surface area contributed by atoms with Crippen LogP contribution in [0.2, 0.25) is 0 Å². The van der Waals surface area contributed by atoms with Gasteiger partial charge in [-0.15, -0.1) is 0 Å². The Morgan fingerprint density at radius 1 is 0.375 bits per heavy atom. The second-order valence-corrected chi connectivity index (χ2v) is 14.9. The van der Waals surface area contributed by atoms with Crippen LogP contribution in [0.15, 0.2) is 72.9 Å². The Morgan fingerprint density at radius 3 is 1.12 bits per heavy atom. The Balaban J connectivity index is 4.43. The highest BCUT2D eigenvalue weighted by Crippen LogP contribution is 2.13. The Bertz CT molecular complexity index is 1080. The average Bonchev–Trinajstić information content (AvgIpc) is 3.19. The summed E-state index contributed by atoms with van der Waals surface area (Å²) in [4.78, 5) is 37.7. The largest absolute Gasteiger partial charge is 0.462 e. The van der Waals surface area contributed by atoms with E-state index < -0.39 is 6.10 Å². The molecule has 6 heteroatoms. The second-order valence-electron chi connectivity index (χ2n) is 14.9. The number of carbonyl (C=O) groups excluding carboxylic acids is 3. The fraction of sp³-hybridized carbons (Fsp3) is 0.700. The van der Waals surface area contributed by atoms with E-state index in [0.29, 0.717) is 19.3 Å². The van der Waals surface area contributed by atoms with Gasteiger partial charge in [-0.05, 0) is 83.5 Å². The molecule has 0 aromatic heterocycles. The normalized spacial score (nSPS) is 12.7. The topological polar surface area (TPSA) is 78.9 Å². The van der Waals surface area contributed by atoms with E-state index in [1.54, 1.807) is 0 Å². The summed E-state index contributed by atoms with van der Waals surface area (Å²) in [5.74, 6) is -0.954. The third-order valence-corrected chi connectivity index (χ3v) is 9.46. The zero-order chi connectivity index (χ0) is 40.8. The van der Waals surface area contributed by atoms with Gasteiger partial charge in [0.15, 0.2) is 6.10 Å². The number of hydrogen-bond acceptors (Lipinski definition) is 6. The molecule has 0 heterocycles. The van der Waals surface area contributed by atoms with Crippen molar-refractivity contribution in [3.8, 4) is 0 Å². The number of ether oxygens (including phenoxy) is 3. The maximum Gasteiger partial charge on any atom is 0.306 e. The summed E-state index contributed by atoms with van der Waals surface area (Å²) >= 11 is 0. The minimum absolute atomic E-state index is 0.0946. The first-order valence-corrected chi connectivity index (χ1v) is 22.9. The predicted octanol–water partition coefficient (Wildman–Crippen LogP) is 14.7. The van der Waals surface area contributed by atoms with Gasteiger partial charge >= 0.3 is 17.9 Å². The van der Waals surface area contributed by atoms with Crippen molar-refractivity contribution in [2.45, 2.75) is 213 Å². The fourth-order valence-electron chi connectivity index (χ4n) is 6.06. The van der Waals surface area contributed by atoms with Gasteiger partial charge in [-0.3, -0.25) is 14.4 Å². The van der Waals surface area contributed by atoms with Crippen LogP contribution in [0.1, 0.15) is 207 Å². The van der Waals surface area contributed by atoms with Crippen LogP contribution < -0.4 is 0 Å². The lowest BCUT2D eigenvalue weighted by Crippen LogP contribution is -2.30. The number of carbonyl (C=O) groups is 3. The van der Waals surface area contributed by atoms with Crippen molar-refractivity contribution < 1.29 is 28.6 Å². The molecule has 0 saturated carbocycles. The average molecular weight is 781 g/mol. The Hall–Kier alpha value is -3.15. The van der Waals surface area contributed by atoms with Crippen molar-refractivity contribution in [1.82, 2.24) is 0 Å². The second kappa shape index (κ2) is 44.6. The maximum absolute atomic E-state index is 12.7. The van der Waals surface area contributed by atoms with Crippen molar-refractivity contribution in [2.24, 2.45) is 0 Å². The summed E-state index contributed by atoms with van der Waals surface area (Å²) in [6.07, 6.45) is 54.6. The van der Waals surface area contributed by atoms with Crippen molar-refractivity contribution >= 4 is 17.9 Å². The highest BCUT2D eigenvalue weighted by Gasteiger charge is 2.19. The molecule has 0 fully saturated rings. The van der Waals surface area contributed by atoms with Crippen LogP contribution in [0.25, 0.3) is 0 Å². The van der Waals surface area contributed by atoms with Crippen LogP contribution in [0.3, 0.4) is 0 Å². The van der Waals surface area contributed by atoms with E-state index in [4.69, 9.17) is 14.2 Å². The molecule has 6 nitrogen and oxygen atoms in total. The molecule has 0 aliphatic carbocycles. The van der Waals surface area contributed by atoms with Crippen LogP contribution in [0.4, 0.5) is 0 Å². The quantitative estimate of drug-likeness (QED) is 0.0267. The molecule has 0 rings (SSSR count). The van der Waals surface area contributed by atoms with Crippen LogP contribution in [0, 0.1) is 0 Å². The zero-order valence-corrected chi connectivity index (χ0v) is 36.4. The minimum Gasteiger partial charge on any atom is -0.462 e. The van der Waals surface area contributed by atoms with E-state index in [2.05, 4.69) is 93.7 Å². The summed E-state index contributed by atoms with van der Waals surface area (Å²) in [6, 6.07) is 0. The minimum atomic E-state index is -0.796. The highest BCUT2D eigenvalue weighted by atomic mass is 16.6. The fourth-order valence-corrected chi connectivity index (χ4v) is 6.06. The molecule has 0 spiro atoms. The van der Waals surface area contributed by atoms with E-state index >= 15 is 0 Å². The summed E-state index contributed by atoms with van der Waals surface area (Å²) in [6.45, 7) is 6.33. The summed E-state index contributed by atoms with van der Waals surface area (Å²) in [5, 5.41) is 0. The first-order chi connectivity index (χ1) is 27.5. The van der Waals surface area contributed by atoms with Crippen molar-refractivity contribution in [2.75, 3.05) is 13.2 Å². The first kappa shape index (κ1) is 52.9. The molecule has 0 aliphatic rings. The van der Waals surface area contributed by atoms with Gasteiger partial charge in [0, 0.05) is 19.3 Å². The van der Waals surface area contributed by atoms with E-state index in [0.717, 1.165) is 96.3 Å². The van der Waals surface area contributed by atoms with Gasteiger partial charge in [0.1, 0.15) is 13.2 Å². The Labute approximate surface area is 344 Å². The molecule has 0 N–H and O–H groups in total. The SMILES string of the molecule is CC/C=C\C/C=C\C/C=C\CCCCCCCCC(=O)OCC(COC(=O)CCCCCCCCCCCC)OC(=O)CCCC/C=C\C/C=C\C/C=C\CC. The van der Waals surface area contributed by atoms with Gasteiger partial charge < -0.3 is 14.2 Å². The van der Waals surface area contributed by atoms with E-state index in [-0.39, 0.29) is 37.5 Å². The third kappa shape index (κ3) is 42.0. The molecule has 0 bridgehead atoms. The lowest BCUT2D eigenvalue weighted by atomic mass is 10.1. The number of unbranched alkanes of at least 4 members (excludes halogenated alkanes) is 17. The van der Waals surface area contributed by atoms with Crippen molar-refractivity contribution in [1.29, 1.82) is 0 Å². The van der Waals surface area contributed by atoms with Gasteiger partial charge in [0.25, 0.3) is 0 Å². The lowest BCUT2D eigenvalue weighted by Gasteiger charge is -2.18. The third-order valence-electron chi connectivity index (χ3n) is 9.46. The van der Waals surface area contributed by atoms with Gasteiger partial charge in [0.2, 0.25) is 0 Å². The molecule has 0 aliphatic heterocycles. The number of esters is 3. The summed E-state index contributed by atoms with van der Waals surface area (Å²) in [7, 11) is 0. The molecule has 0 radical (unpaired) electrons. The lowest BCUT2D eigenvalue weighted by molar-refractivity contribution is -0.167. The van der Waals surface area contributed by atoms with Crippen LogP contribution in [0.5, 0.6) is 0 Å². The molecule has 0 aromatic carbocycles. The standard InChI is InChI=1S/C50H84O6/c1-4-7-10-13-16-19-22-24-25-26-27-29-31-34-37-40-43-49(52)55-46-47(45-54-48(51)42-39-36-33-30-21-18-15-12-9-6-3)56-50(53)44-41-38-35-32-28-23-20-17-14-11-8-5-2/h7-8,10-11,16-17,19-20,24-25,28,32,47H,4-6,9,12-15,18,21-23,26-27,29-31,33-46H2,1-3H3/b10-7-,11-8-,19-16-,20-17-,25-24-,32-28-.